The molecule has 1 unspecified atom stereocenters. The highest BCUT2D eigenvalue weighted by molar-refractivity contribution is 5.40. The van der Waals surface area contributed by atoms with Crippen LogP contribution in [0.15, 0.2) is 24.4 Å². The Kier molecular flexibility index (Phi) is 4.55. The van der Waals surface area contributed by atoms with Crippen LogP contribution in [0.25, 0.3) is 0 Å². The molecule has 0 aliphatic heterocycles. The van der Waals surface area contributed by atoms with Crippen molar-refractivity contribution in [2.24, 2.45) is 0 Å². The highest BCUT2D eigenvalue weighted by Gasteiger charge is 2.16. The fourth-order valence-corrected chi connectivity index (χ4v) is 2.37. The first kappa shape index (κ1) is 13.6. The van der Waals surface area contributed by atoms with Crippen LogP contribution in [0.2, 0.25) is 0 Å². The third-order valence-electron chi connectivity index (χ3n) is 3.56. The van der Waals surface area contributed by atoms with Gasteiger partial charge in [0.25, 0.3) is 0 Å². The van der Waals surface area contributed by atoms with E-state index in [4.69, 9.17) is 4.74 Å². The lowest BCUT2D eigenvalue weighted by Crippen LogP contribution is -2.05. The third kappa shape index (κ3) is 3.13. The van der Waals surface area contributed by atoms with Crippen molar-refractivity contribution in [3.8, 4) is 5.75 Å². The summed E-state index contributed by atoms with van der Waals surface area (Å²) in [5.74, 6) is 1.37. The molecule has 0 amide bonds. The number of aromatic nitrogens is 3. The van der Waals surface area contributed by atoms with Gasteiger partial charge in [-0.25, -0.2) is 0 Å². The minimum atomic E-state index is 0.409. The van der Waals surface area contributed by atoms with Gasteiger partial charge in [-0.3, -0.25) is 0 Å². The fourth-order valence-electron chi connectivity index (χ4n) is 2.37. The van der Waals surface area contributed by atoms with Crippen molar-refractivity contribution >= 4 is 0 Å². The molecule has 0 aliphatic rings. The molecule has 102 valence electrons. The van der Waals surface area contributed by atoms with Gasteiger partial charge in [-0.2, -0.15) is 15.4 Å². The van der Waals surface area contributed by atoms with Crippen LogP contribution in [0, 0.1) is 0 Å². The van der Waals surface area contributed by atoms with Crippen LogP contribution < -0.4 is 4.74 Å². The number of methoxy groups -OCH3 is 1. The van der Waals surface area contributed by atoms with Gasteiger partial charge in [0.1, 0.15) is 5.75 Å². The lowest BCUT2D eigenvalue weighted by atomic mass is 9.90. The molecular formula is C15H21N3O. The number of hydrogen-bond donors (Lipinski definition) is 1. The number of H-pyrrole nitrogens is 1. The Labute approximate surface area is 114 Å². The van der Waals surface area contributed by atoms with Crippen molar-refractivity contribution < 1.29 is 4.74 Å². The molecule has 0 aliphatic carbocycles. The molecule has 2 rings (SSSR count). The molecule has 0 fully saturated rings. The zero-order valence-corrected chi connectivity index (χ0v) is 11.8. The molecule has 0 bridgehead atoms. The molecule has 0 spiro atoms. The second-order valence-corrected chi connectivity index (χ2v) is 4.70. The van der Waals surface area contributed by atoms with Crippen molar-refractivity contribution in [2.45, 2.75) is 39.0 Å². The number of rotatable bonds is 6. The number of nitrogens with zero attached hydrogens (tertiary/aromatic N) is 2. The second kappa shape index (κ2) is 6.36. The van der Waals surface area contributed by atoms with E-state index in [0.717, 1.165) is 30.7 Å². The second-order valence-electron chi connectivity index (χ2n) is 4.70. The van der Waals surface area contributed by atoms with E-state index in [1.165, 1.54) is 11.1 Å². The van der Waals surface area contributed by atoms with Gasteiger partial charge in [-0.15, -0.1) is 0 Å². The summed E-state index contributed by atoms with van der Waals surface area (Å²) < 4.78 is 5.50. The maximum atomic E-state index is 5.50. The molecule has 0 radical (unpaired) electrons. The third-order valence-corrected chi connectivity index (χ3v) is 3.56. The smallest absolute Gasteiger partial charge is 0.122 e. The molecule has 2 aromatic rings. The summed E-state index contributed by atoms with van der Waals surface area (Å²) in [6.45, 7) is 4.37. The monoisotopic (exact) mass is 259 g/mol. The summed E-state index contributed by atoms with van der Waals surface area (Å²) in [5, 5.41) is 10.7. The van der Waals surface area contributed by atoms with Gasteiger partial charge in [-0.05, 0) is 36.0 Å². The molecule has 0 saturated carbocycles. The largest absolute Gasteiger partial charge is 0.496 e. The van der Waals surface area contributed by atoms with Gasteiger partial charge in [0, 0.05) is 6.42 Å². The van der Waals surface area contributed by atoms with Crippen LogP contribution in [-0.2, 0) is 12.8 Å². The number of hydrogen-bond acceptors (Lipinski definition) is 3. The fraction of sp³-hybridized carbons (Fsp3) is 0.467. The van der Waals surface area contributed by atoms with E-state index in [1.807, 2.05) is 0 Å². The predicted molar refractivity (Wildman–Crippen MR) is 75.5 cm³/mol. The summed E-state index contributed by atoms with van der Waals surface area (Å²) in [5.41, 5.74) is 3.61. The van der Waals surface area contributed by atoms with Crippen molar-refractivity contribution in [3.05, 3.63) is 41.2 Å². The minimum absolute atomic E-state index is 0.409. The van der Waals surface area contributed by atoms with Crippen molar-refractivity contribution in [1.29, 1.82) is 0 Å². The molecule has 1 aromatic carbocycles. The topological polar surface area (TPSA) is 50.8 Å². The molecule has 0 saturated heterocycles. The van der Waals surface area contributed by atoms with Crippen molar-refractivity contribution in [1.82, 2.24) is 15.4 Å². The van der Waals surface area contributed by atoms with E-state index >= 15 is 0 Å². The molecule has 1 atom stereocenters. The summed E-state index contributed by atoms with van der Waals surface area (Å²) >= 11 is 0. The maximum Gasteiger partial charge on any atom is 0.122 e. The average molecular weight is 259 g/mol. The van der Waals surface area contributed by atoms with E-state index in [1.54, 1.807) is 13.3 Å². The Bertz CT molecular complexity index is 508. The van der Waals surface area contributed by atoms with Crippen molar-refractivity contribution in [3.63, 3.8) is 0 Å². The number of nitrogens with one attached hydrogen (secondary N) is 1. The zero-order valence-electron chi connectivity index (χ0n) is 11.8. The van der Waals surface area contributed by atoms with E-state index in [-0.39, 0.29) is 0 Å². The quantitative estimate of drug-likeness (QED) is 0.867. The van der Waals surface area contributed by atoms with Gasteiger partial charge in [0.2, 0.25) is 0 Å². The van der Waals surface area contributed by atoms with Gasteiger partial charge in [0.15, 0.2) is 0 Å². The van der Waals surface area contributed by atoms with Crippen molar-refractivity contribution in [2.75, 3.05) is 7.11 Å². The summed E-state index contributed by atoms with van der Waals surface area (Å²) in [7, 11) is 1.73. The van der Waals surface area contributed by atoms with Crippen LogP contribution in [0.1, 0.15) is 43.0 Å². The summed E-state index contributed by atoms with van der Waals surface area (Å²) in [6.07, 6.45) is 4.77. The van der Waals surface area contributed by atoms with E-state index < -0.39 is 0 Å². The van der Waals surface area contributed by atoms with Crippen LogP contribution in [-0.4, -0.2) is 22.5 Å². The van der Waals surface area contributed by atoms with E-state index in [2.05, 4.69) is 47.5 Å². The van der Waals surface area contributed by atoms with Gasteiger partial charge >= 0.3 is 0 Å². The van der Waals surface area contributed by atoms with Crippen LogP contribution in [0.5, 0.6) is 5.75 Å². The highest BCUT2D eigenvalue weighted by Crippen LogP contribution is 2.32. The standard InChI is InChI=1S/C15H21N3O/c1-4-11-6-7-15(19-3)14(8-11)12(5-2)9-13-10-16-18-17-13/h6-8,10,12H,4-5,9H2,1-3H3,(H,16,17,18). The van der Waals surface area contributed by atoms with Crippen LogP contribution >= 0.6 is 0 Å². The first-order chi connectivity index (χ1) is 9.28. The van der Waals surface area contributed by atoms with E-state index in [0.29, 0.717) is 5.92 Å². The summed E-state index contributed by atoms with van der Waals surface area (Å²) in [6, 6.07) is 6.46. The number of aryl methyl sites for hydroxylation is 1. The Morgan fingerprint density at radius 1 is 1.32 bits per heavy atom. The highest BCUT2D eigenvalue weighted by atomic mass is 16.5. The summed E-state index contributed by atoms with van der Waals surface area (Å²) in [4.78, 5) is 0. The SMILES string of the molecule is CCc1ccc(OC)c(C(CC)Cc2cn[nH]n2)c1. The number of aromatic amines is 1. The first-order valence-electron chi connectivity index (χ1n) is 6.79. The molecule has 4 heteroatoms. The molecule has 1 aromatic heterocycles. The Hall–Kier alpha value is -1.84. The van der Waals surface area contributed by atoms with Crippen LogP contribution in [0.3, 0.4) is 0 Å². The van der Waals surface area contributed by atoms with Gasteiger partial charge in [-0.1, -0.05) is 26.0 Å². The lowest BCUT2D eigenvalue weighted by Gasteiger charge is -2.18. The molecular weight excluding hydrogens is 238 g/mol. The Morgan fingerprint density at radius 3 is 2.74 bits per heavy atom. The minimum Gasteiger partial charge on any atom is -0.496 e. The number of ether oxygens (including phenoxy) is 1. The molecule has 4 nitrogen and oxygen atoms in total. The average Bonchev–Trinajstić information content (AvgIpc) is 2.97. The Morgan fingerprint density at radius 2 is 2.16 bits per heavy atom. The Balaban J connectivity index is 2.30. The molecule has 1 N–H and O–H groups in total. The zero-order chi connectivity index (χ0) is 13.7. The lowest BCUT2D eigenvalue weighted by molar-refractivity contribution is 0.403. The van der Waals surface area contributed by atoms with Gasteiger partial charge in [0.05, 0.1) is 19.0 Å². The normalized spacial score (nSPS) is 12.4. The number of benzene rings is 1. The predicted octanol–water partition coefficient (Wildman–Crippen LogP) is 3.11. The molecule has 19 heavy (non-hydrogen) atoms. The van der Waals surface area contributed by atoms with E-state index in [9.17, 15) is 0 Å². The van der Waals surface area contributed by atoms with Crippen LogP contribution in [0.4, 0.5) is 0 Å². The van der Waals surface area contributed by atoms with Gasteiger partial charge < -0.3 is 4.74 Å². The maximum absolute atomic E-state index is 5.50. The first-order valence-corrected chi connectivity index (χ1v) is 6.79. The molecule has 1 heterocycles.